The summed E-state index contributed by atoms with van der Waals surface area (Å²) in [6, 6.07) is 2.83. The van der Waals surface area contributed by atoms with Crippen LogP contribution < -0.4 is 43.6 Å². The molecule has 0 bridgehead atoms. The summed E-state index contributed by atoms with van der Waals surface area (Å²) in [5.74, 6) is 0.692. The first-order valence-electron chi connectivity index (χ1n) is 10.3. The minimum Gasteiger partial charge on any atom is -0.459 e. The molecular weight excluding hydrogens is 438 g/mol. The molecule has 32 heavy (non-hydrogen) atoms. The predicted octanol–water partition coefficient (Wildman–Crippen LogP) is -1.63. The first-order chi connectivity index (χ1) is 14.9. The molecule has 0 spiro atoms. The highest BCUT2D eigenvalue weighted by Crippen LogP contribution is 2.22. The van der Waals surface area contributed by atoms with Gasteiger partial charge in [0, 0.05) is 50.3 Å². The number of aromatic nitrogens is 3. The van der Waals surface area contributed by atoms with Crippen LogP contribution in [0, 0.1) is 0 Å². The number of hydrogen-bond donors (Lipinski definition) is 6. The van der Waals surface area contributed by atoms with E-state index >= 15 is 0 Å². The summed E-state index contributed by atoms with van der Waals surface area (Å²) in [7, 11) is 0. The SMILES string of the molecule is Cl.N[C@@H]1C[C@H](N)CN(c2nc(NNC(=O)c3ccco3)nc(N3C[C@H](N)C[C@H](N)C3)n2)C1. The quantitative estimate of drug-likeness (QED) is 0.274. The van der Waals surface area contributed by atoms with Gasteiger partial charge in [-0.1, -0.05) is 0 Å². The van der Waals surface area contributed by atoms with Gasteiger partial charge in [0.15, 0.2) is 5.76 Å². The maximum Gasteiger partial charge on any atom is 0.305 e. The van der Waals surface area contributed by atoms with Crippen molar-refractivity contribution in [3.05, 3.63) is 24.2 Å². The number of piperidine rings is 2. The third kappa shape index (κ3) is 5.75. The number of nitrogens with two attached hydrogens (primary N) is 4. The fourth-order valence-corrected chi connectivity index (χ4v) is 3.96. The van der Waals surface area contributed by atoms with Crippen LogP contribution >= 0.6 is 12.4 Å². The molecule has 0 radical (unpaired) electrons. The number of rotatable bonds is 5. The normalized spacial score (nSPS) is 25.8. The van der Waals surface area contributed by atoms with E-state index in [1.54, 1.807) is 12.1 Å². The minimum atomic E-state index is -0.461. The molecule has 2 aliphatic rings. The van der Waals surface area contributed by atoms with E-state index in [0.29, 0.717) is 38.1 Å². The molecule has 10 N–H and O–H groups in total. The van der Waals surface area contributed by atoms with Gasteiger partial charge in [0.05, 0.1) is 6.26 Å². The maximum atomic E-state index is 12.2. The van der Waals surface area contributed by atoms with E-state index in [0.717, 1.165) is 12.8 Å². The van der Waals surface area contributed by atoms with Crippen molar-refractivity contribution in [2.24, 2.45) is 22.9 Å². The molecule has 4 heterocycles. The van der Waals surface area contributed by atoms with Crippen molar-refractivity contribution in [2.45, 2.75) is 37.0 Å². The van der Waals surface area contributed by atoms with Crippen molar-refractivity contribution < 1.29 is 9.21 Å². The van der Waals surface area contributed by atoms with Crippen molar-refractivity contribution in [1.82, 2.24) is 20.4 Å². The van der Waals surface area contributed by atoms with Gasteiger partial charge in [-0.2, -0.15) is 15.0 Å². The van der Waals surface area contributed by atoms with Crippen molar-refractivity contribution in [3.8, 4) is 0 Å². The van der Waals surface area contributed by atoms with Gasteiger partial charge in [-0.15, -0.1) is 12.4 Å². The lowest BCUT2D eigenvalue weighted by Gasteiger charge is -2.36. The zero-order chi connectivity index (χ0) is 22.0. The van der Waals surface area contributed by atoms with Crippen molar-refractivity contribution in [2.75, 3.05) is 41.4 Å². The van der Waals surface area contributed by atoms with Crippen LogP contribution in [0.1, 0.15) is 23.4 Å². The Labute approximate surface area is 191 Å². The van der Waals surface area contributed by atoms with Crippen LogP contribution in [-0.2, 0) is 0 Å². The topological polar surface area (TPSA) is 204 Å². The standard InChI is InChI=1S/C18H29N11O2.ClH/c19-10-4-11(20)7-28(6-10)17-23-16(27-26-15(30)14-2-1-3-31-14)24-18(25-17)29-8-12(21)5-13(22)9-29;/h1-3,10-13H,4-9,19-22H2,(H,26,30)(H,23,24,25,27);1H/t10-,11+,12-,13+;. The highest BCUT2D eigenvalue weighted by molar-refractivity contribution is 5.91. The van der Waals surface area contributed by atoms with Gasteiger partial charge in [0.25, 0.3) is 0 Å². The minimum absolute atomic E-state index is 0. The second-order valence-corrected chi connectivity index (χ2v) is 8.14. The van der Waals surface area contributed by atoms with Gasteiger partial charge in [0.1, 0.15) is 0 Å². The van der Waals surface area contributed by atoms with Gasteiger partial charge < -0.3 is 37.2 Å². The fourth-order valence-electron chi connectivity index (χ4n) is 3.96. The number of hydrazine groups is 1. The molecular formula is C18H30ClN11O2. The average molecular weight is 468 g/mol. The summed E-state index contributed by atoms with van der Waals surface area (Å²) in [4.78, 5) is 29.6. The molecule has 0 saturated carbocycles. The Balaban J connectivity index is 0.00000289. The number of hydrogen-bond acceptors (Lipinski definition) is 12. The van der Waals surface area contributed by atoms with E-state index in [-0.39, 0.29) is 48.3 Å². The number of amides is 1. The van der Waals surface area contributed by atoms with Crippen LogP contribution in [0.5, 0.6) is 0 Å². The van der Waals surface area contributed by atoms with Crippen molar-refractivity contribution in [1.29, 1.82) is 0 Å². The lowest BCUT2D eigenvalue weighted by molar-refractivity contribution is 0.0935. The van der Waals surface area contributed by atoms with Gasteiger partial charge in [0.2, 0.25) is 17.8 Å². The third-order valence-electron chi connectivity index (χ3n) is 5.24. The first-order valence-corrected chi connectivity index (χ1v) is 10.3. The zero-order valence-corrected chi connectivity index (χ0v) is 18.4. The van der Waals surface area contributed by atoms with Crippen LogP contribution in [0.2, 0.25) is 0 Å². The van der Waals surface area contributed by atoms with E-state index in [1.807, 2.05) is 9.80 Å². The average Bonchev–Trinajstić information content (AvgIpc) is 3.25. The maximum absolute atomic E-state index is 12.2. The summed E-state index contributed by atoms with van der Waals surface area (Å²) in [5.41, 5.74) is 29.8. The molecule has 4 atom stereocenters. The van der Waals surface area contributed by atoms with Gasteiger partial charge in [-0.25, -0.2) is 0 Å². The highest BCUT2D eigenvalue weighted by atomic mass is 35.5. The Hall–Kier alpha value is -2.71. The van der Waals surface area contributed by atoms with E-state index in [2.05, 4.69) is 25.8 Å². The van der Waals surface area contributed by atoms with E-state index in [1.165, 1.54) is 6.26 Å². The molecule has 176 valence electrons. The van der Waals surface area contributed by atoms with Crippen LogP contribution in [0.25, 0.3) is 0 Å². The molecule has 2 aromatic heterocycles. The molecule has 2 saturated heterocycles. The number of halogens is 1. The second kappa shape index (κ2) is 10.3. The number of carbonyl (C=O) groups is 1. The highest BCUT2D eigenvalue weighted by Gasteiger charge is 2.28. The lowest BCUT2D eigenvalue weighted by atomic mass is 10.0. The van der Waals surface area contributed by atoms with Gasteiger partial charge >= 0.3 is 5.91 Å². The lowest BCUT2D eigenvalue weighted by Crippen LogP contribution is -2.54. The number of anilines is 3. The van der Waals surface area contributed by atoms with Crippen LogP contribution in [0.3, 0.4) is 0 Å². The van der Waals surface area contributed by atoms with Crippen molar-refractivity contribution in [3.63, 3.8) is 0 Å². The molecule has 0 aliphatic carbocycles. The molecule has 2 aliphatic heterocycles. The third-order valence-corrected chi connectivity index (χ3v) is 5.24. The Morgan fingerprint density at radius 3 is 1.84 bits per heavy atom. The number of nitrogens with zero attached hydrogens (tertiary/aromatic N) is 5. The second-order valence-electron chi connectivity index (χ2n) is 8.14. The molecule has 0 aromatic carbocycles. The van der Waals surface area contributed by atoms with Crippen LogP contribution in [0.15, 0.2) is 22.8 Å². The Morgan fingerprint density at radius 1 is 0.906 bits per heavy atom. The van der Waals surface area contributed by atoms with Crippen LogP contribution in [-0.4, -0.2) is 71.2 Å². The summed E-state index contributed by atoms with van der Waals surface area (Å²) in [6.07, 6.45) is 2.88. The number of nitrogens with one attached hydrogen (secondary N) is 2. The predicted molar refractivity (Wildman–Crippen MR) is 122 cm³/mol. The molecule has 4 rings (SSSR count). The Kier molecular flexibility index (Phi) is 7.69. The fraction of sp³-hybridized carbons (Fsp3) is 0.556. The van der Waals surface area contributed by atoms with Gasteiger partial charge in [-0.3, -0.25) is 15.6 Å². The molecule has 13 nitrogen and oxygen atoms in total. The van der Waals surface area contributed by atoms with E-state index in [9.17, 15) is 4.79 Å². The Morgan fingerprint density at radius 2 is 1.41 bits per heavy atom. The summed E-state index contributed by atoms with van der Waals surface area (Å²) in [6.45, 7) is 2.26. The molecule has 1 amide bonds. The van der Waals surface area contributed by atoms with Crippen LogP contribution in [0.4, 0.5) is 17.8 Å². The smallest absolute Gasteiger partial charge is 0.305 e. The van der Waals surface area contributed by atoms with Crippen molar-refractivity contribution >= 4 is 36.2 Å². The van der Waals surface area contributed by atoms with E-state index in [4.69, 9.17) is 27.4 Å². The number of furan rings is 1. The molecule has 14 heteroatoms. The summed E-state index contributed by atoms with van der Waals surface area (Å²) < 4.78 is 5.09. The van der Waals surface area contributed by atoms with E-state index < -0.39 is 5.91 Å². The summed E-state index contributed by atoms with van der Waals surface area (Å²) in [5, 5.41) is 0. The summed E-state index contributed by atoms with van der Waals surface area (Å²) >= 11 is 0. The van der Waals surface area contributed by atoms with Gasteiger partial charge in [-0.05, 0) is 25.0 Å². The molecule has 2 aromatic rings. The zero-order valence-electron chi connectivity index (χ0n) is 17.6. The Bertz CT molecular complexity index is 835. The number of carbonyl (C=O) groups excluding carboxylic acids is 1. The first kappa shape index (κ1) is 23.9. The molecule has 0 unspecified atom stereocenters. The largest absolute Gasteiger partial charge is 0.459 e. The molecule has 2 fully saturated rings. The monoisotopic (exact) mass is 467 g/mol.